The largest absolute Gasteiger partial charge is 0.393 e. The number of hydrogen-bond donors (Lipinski definition) is 2. The van der Waals surface area contributed by atoms with Crippen molar-refractivity contribution in [1.29, 1.82) is 0 Å². The van der Waals surface area contributed by atoms with Crippen LogP contribution in [0.5, 0.6) is 0 Å². The summed E-state index contributed by atoms with van der Waals surface area (Å²) in [6.45, 7) is 2.32. The summed E-state index contributed by atoms with van der Waals surface area (Å²) in [7, 11) is 0. The van der Waals surface area contributed by atoms with E-state index in [0.29, 0.717) is 37.7 Å². The highest BCUT2D eigenvalue weighted by Crippen LogP contribution is 2.31. The number of nitrogens with two attached hydrogens (primary N) is 1. The molecule has 4 rings (SSSR count). The zero-order chi connectivity index (χ0) is 20.4. The van der Waals surface area contributed by atoms with Crippen LogP contribution in [-0.2, 0) is 0 Å². The minimum Gasteiger partial charge on any atom is -0.393 e. The van der Waals surface area contributed by atoms with Gasteiger partial charge in [0.2, 0.25) is 0 Å². The van der Waals surface area contributed by atoms with E-state index in [1.807, 2.05) is 9.80 Å². The van der Waals surface area contributed by atoms with Crippen LogP contribution in [0.2, 0.25) is 0 Å². The number of nitrogens with zero attached hydrogens (tertiary/aromatic N) is 4. The number of para-hydroxylation sites is 1. The number of benzene rings is 2. The first-order chi connectivity index (χ1) is 14.0. The van der Waals surface area contributed by atoms with Crippen molar-refractivity contribution < 1.29 is 13.2 Å². The first-order valence-electron chi connectivity index (χ1n) is 9.10. The molecule has 0 spiro atoms. The molecule has 6 nitrogen and oxygen atoms in total. The van der Waals surface area contributed by atoms with E-state index in [-0.39, 0.29) is 23.0 Å². The van der Waals surface area contributed by atoms with Gasteiger partial charge in [0.05, 0.1) is 11.4 Å². The number of aromatic nitrogens is 2. The highest BCUT2D eigenvalue weighted by molar-refractivity contribution is 5.78. The normalized spacial score (nSPS) is 14.2. The van der Waals surface area contributed by atoms with Gasteiger partial charge in [-0.3, -0.25) is 0 Å². The zero-order valence-corrected chi connectivity index (χ0v) is 15.4. The molecule has 0 unspecified atom stereocenters. The van der Waals surface area contributed by atoms with Crippen molar-refractivity contribution in [3.05, 3.63) is 66.2 Å². The van der Waals surface area contributed by atoms with Crippen molar-refractivity contribution in [3.63, 3.8) is 0 Å². The fraction of sp³-hybridized carbons (Fsp3) is 0.200. The van der Waals surface area contributed by atoms with Gasteiger partial charge in [0.25, 0.3) is 0 Å². The van der Waals surface area contributed by atoms with E-state index in [0.717, 1.165) is 18.2 Å². The Morgan fingerprint density at radius 1 is 0.862 bits per heavy atom. The van der Waals surface area contributed by atoms with Gasteiger partial charge < -0.3 is 20.9 Å². The Morgan fingerprint density at radius 3 is 2.34 bits per heavy atom. The van der Waals surface area contributed by atoms with Gasteiger partial charge in [0, 0.05) is 32.2 Å². The third-order valence-electron chi connectivity index (χ3n) is 4.82. The van der Waals surface area contributed by atoms with Crippen molar-refractivity contribution >= 4 is 28.7 Å². The standard InChI is InChI=1S/C20H19F3N6/c21-13-5-6-14(22)16(11-13)27-19-18(24)20(26-12-25-19)29-9-7-28(8-10-29)17-4-2-1-3-15(17)23/h1-6,11-12H,7-10,24H2,(H,25,26,27). The van der Waals surface area contributed by atoms with Crippen molar-refractivity contribution in [3.8, 4) is 0 Å². The van der Waals surface area contributed by atoms with Crippen LogP contribution in [0.25, 0.3) is 0 Å². The maximum absolute atomic E-state index is 14.0. The molecule has 29 heavy (non-hydrogen) atoms. The van der Waals surface area contributed by atoms with Gasteiger partial charge in [-0.25, -0.2) is 23.1 Å². The Morgan fingerprint density at radius 2 is 1.59 bits per heavy atom. The second-order valence-corrected chi connectivity index (χ2v) is 6.63. The van der Waals surface area contributed by atoms with Gasteiger partial charge in [0.15, 0.2) is 11.6 Å². The van der Waals surface area contributed by atoms with E-state index >= 15 is 0 Å². The molecule has 1 saturated heterocycles. The molecule has 1 aromatic heterocycles. The summed E-state index contributed by atoms with van der Waals surface area (Å²) < 4.78 is 41.4. The average Bonchev–Trinajstić information content (AvgIpc) is 2.73. The summed E-state index contributed by atoms with van der Waals surface area (Å²) in [6.07, 6.45) is 1.31. The van der Waals surface area contributed by atoms with Gasteiger partial charge in [0.1, 0.15) is 29.5 Å². The van der Waals surface area contributed by atoms with Crippen molar-refractivity contribution in [1.82, 2.24) is 9.97 Å². The van der Waals surface area contributed by atoms with Gasteiger partial charge in [-0.2, -0.15) is 0 Å². The van der Waals surface area contributed by atoms with E-state index in [4.69, 9.17) is 5.73 Å². The molecule has 3 aromatic rings. The van der Waals surface area contributed by atoms with E-state index in [1.54, 1.807) is 18.2 Å². The third kappa shape index (κ3) is 3.89. The topological polar surface area (TPSA) is 70.3 Å². The number of nitrogens with one attached hydrogen (secondary N) is 1. The molecule has 2 heterocycles. The molecule has 3 N–H and O–H groups in total. The molecule has 1 fully saturated rings. The van der Waals surface area contributed by atoms with E-state index in [9.17, 15) is 13.2 Å². The fourth-order valence-corrected chi connectivity index (χ4v) is 3.33. The lowest BCUT2D eigenvalue weighted by atomic mass is 10.2. The number of hydrogen-bond acceptors (Lipinski definition) is 6. The Bertz CT molecular complexity index is 1020. The van der Waals surface area contributed by atoms with Gasteiger partial charge >= 0.3 is 0 Å². The monoisotopic (exact) mass is 400 g/mol. The van der Waals surface area contributed by atoms with Crippen LogP contribution in [0.1, 0.15) is 0 Å². The predicted octanol–water partition coefficient (Wildman–Crippen LogP) is 3.55. The van der Waals surface area contributed by atoms with E-state index in [1.165, 1.54) is 12.4 Å². The van der Waals surface area contributed by atoms with Crippen LogP contribution in [0.4, 0.5) is 41.9 Å². The molecule has 0 atom stereocenters. The quantitative estimate of drug-likeness (QED) is 0.698. The van der Waals surface area contributed by atoms with Crippen molar-refractivity contribution in [2.45, 2.75) is 0 Å². The molecule has 0 bridgehead atoms. The number of anilines is 5. The van der Waals surface area contributed by atoms with Crippen LogP contribution < -0.4 is 20.9 Å². The van der Waals surface area contributed by atoms with Crippen LogP contribution in [0.3, 0.4) is 0 Å². The Hall–Kier alpha value is -3.49. The molecule has 2 aromatic carbocycles. The number of halogens is 3. The maximum atomic E-state index is 14.0. The van der Waals surface area contributed by atoms with Crippen LogP contribution in [-0.4, -0.2) is 36.1 Å². The summed E-state index contributed by atoms with van der Waals surface area (Å²) in [5.41, 5.74) is 6.93. The van der Waals surface area contributed by atoms with E-state index in [2.05, 4.69) is 15.3 Å². The van der Waals surface area contributed by atoms with E-state index < -0.39 is 11.6 Å². The number of nitrogen functional groups attached to an aromatic ring is 1. The van der Waals surface area contributed by atoms with Crippen molar-refractivity contribution in [2.24, 2.45) is 0 Å². The predicted molar refractivity (Wildman–Crippen MR) is 107 cm³/mol. The Labute approximate surface area is 165 Å². The first-order valence-corrected chi connectivity index (χ1v) is 9.10. The SMILES string of the molecule is Nc1c(Nc2cc(F)ccc2F)ncnc1N1CCN(c2ccccc2F)CC1. The lowest BCUT2D eigenvalue weighted by Crippen LogP contribution is -2.47. The number of rotatable bonds is 4. The molecule has 1 aliphatic heterocycles. The summed E-state index contributed by atoms with van der Waals surface area (Å²) in [6, 6.07) is 9.74. The Kier molecular flexibility index (Phi) is 5.11. The molecule has 150 valence electrons. The Balaban J connectivity index is 1.51. The second kappa shape index (κ2) is 7.86. The van der Waals surface area contributed by atoms with Gasteiger partial charge in [-0.1, -0.05) is 12.1 Å². The fourth-order valence-electron chi connectivity index (χ4n) is 3.33. The summed E-state index contributed by atoms with van der Waals surface area (Å²) in [4.78, 5) is 12.2. The minimum absolute atomic E-state index is 0.0641. The molecule has 9 heteroatoms. The summed E-state index contributed by atoms with van der Waals surface area (Å²) in [5.74, 6) is -0.773. The van der Waals surface area contributed by atoms with Gasteiger partial charge in [-0.15, -0.1) is 0 Å². The van der Waals surface area contributed by atoms with Crippen molar-refractivity contribution in [2.75, 3.05) is 47.0 Å². The highest BCUT2D eigenvalue weighted by atomic mass is 19.1. The second-order valence-electron chi connectivity index (χ2n) is 6.63. The summed E-state index contributed by atoms with van der Waals surface area (Å²) in [5, 5.41) is 2.73. The van der Waals surface area contributed by atoms with Crippen LogP contribution in [0, 0.1) is 17.5 Å². The molecular weight excluding hydrogens is 381 g/mol. The molecule has 0 amide bonds. The first kappa shape index (κ1) is 18.9. The van der Waals surface area contributed by atoms with Crippen LogP contribution >= 0.6 is 0 Å². The highest BCUT2D eigenvalue weighted by Gasteiger charge is 2.23. The summed E-state index contributed by atoms with van der Waals surface area (Å²) >= 11 is 0. The average molecular weight is 400 g/mol. The lowest BCUT2D eigenvalue weighted by molar-refractivity contribution is 0.596. The molecule has 0 saturated carbocycles. The number of piperazine rings is 1. The zero-order valence-electron chi connectivity index (χ0n) is 15.4. The van der Waals surface area contributed by atoms with Gasteiger partial charge in [-0.05, 0) is 24.3 Å². The minimum atomic E-state index is -0.621. The lowest BCUT2D eigenvalue weighted by Gasteiger charge is -2.37. The maximum Gasteiger partial charge on any atom is 0.159 e. The molecule has 0 aliphatic carbocycles. The molecule has 1 aliphatic rings. The smallest absolute Gasteiger partial charge is 0.159 e. The molecule has 0 radical (unpaired) electrons. The molecular formula is C20H19F3N6. The van der Waals surface area contributed by atoms with Crippen LogP contribution in [0.15, 0.2) is 48.8 Å². The third-order valence-corrected chi connectivity index (χ3v) is 4.82.